The Morgan fingerprint density at radius 3 is 2.50 bits per heavy atom. The van der Waals surface area contributed by atoms with Crippen molar-refractivity contribution in [1.29, 1.82) is 0 Å². The van der Waals surface area contributed by atoms with Crippen molar-refractivity contribution in [2.24, 2.45) is 0 Å². The Kier molecular flexibility index (Phi) is 8.77. The Morgan fingerprint density at radius 2 is 1.89 bits per heavy atom. The SMILES string of the molecule is CC(=O)Cc1ccc(Sc2nc(Nc3cc(C)[nH]n3)c(C)c(C3CCN(CCN(C)C)CC3)n2)cc1. The largest absolute Gasteiger partial charge is 0.323 e. The molecule has 1 fully saturated rings. The number of carbonyl (C=O) groups is 1. The number of anilines is 2. The molecule has 1 aromatic carbocycles. The van der Waals surface area contributed by atoms with E-state index in [0.717, 1.165) is 83.2 Å². The minimum absolute atomic E-state index is 0.166. The van der Waals surface area contributed by atoms with E-state index >= 15 is 0 Å². The van der Waals surface area contributed by atoms with Gasteiger partial charge in [-0.2, -0.15) is 5.10 Å². The Hall–Kier alpha value is -2.75. The summed E-state index contributed by atoms with van der Waals surface area (Å²) in [5.41, 5.74) is 4.23. The Morgan fingerprint density at radius 1 is 1.17 bits per heavy atom. The summed E-state index contributed by atoms with van der Waals surface area (Å²) in [7, 11) is 4.25. The quantitative estimate of drug-likeness (QED) is 0.385. The van der Waals surface area contributed by atoms with Gasteiger partial charge in [0.2, 0.25) is 0 Å². The molecule has 9 heteroatoms. The summed E-state index contributed by atoms with van der Waals surface area (Å²) in [6, 6.07) is 10.1. The van der Waals surface area contributed by atoms with Crippen LogP contribution in [0.15, 0.2) is 40.4 Å². The van der Waals surface area contributed by atoms with E-state index in [1.165, 1.54) is 0 Å². The maximum absolute atomic E-state index is 11.4. The fourth-order valence-corrected chi connectivity index (χ4v) is 5.28. The van der Waals surface area contributed by atoms with Gasteiger partial charge < -0.3 is 15.1 Å². The zero-order chi connectivity index (χ0) is 25.7. The van der Waals surface area contributed by atoms with Crippen molar-refractivity contribution in [3.05, 3.63) is 52.8 Å². The molecule has 1 aliphatic heterocycles. The van der Waals surface area contributed by atoms with E-state index in [4.69, 9.17) is 9.97 Å². The van der Waals surface area contributed by atoms with Crippen molar-refractivity contribution in [3.8, 4) is 0 Å². The third-order valence-corrected chi connectivity index (χ3v) is 7.41. The Labute approximate surface area is 218 Å². The molecule has 3 heterocycles. The second-order valence-electron chi connectivity index (χ2n) is 9.97. The first-order valence-corrected chi connectivity index (χ1v) is 13.4. The van der Waals surface area contributed by atoms with E-state index in [2.05, 4.69) is 46.3 Å². The smallest absolute Gasteiger partial charge is 0.194 e. The molecular weight excluding hydrogens is 470 g/mol. The number of H-pyrrole nitrogens is 1. The number of hydrogen-bond donors (Lipinski definition) is 2. The molecule has 0 atom stereocenters. The fourth-order valence-electron chi connectivity index (χ4n) is 4.52. The zero-order valence-electron chi connectivity index (χ0n) is 22.0. The molecule has 0 amide bonds. The van der Waals surface area contributed by atoms with Crippen molar-refractivity contribution >= 4 is 29.2 Å². The number of benzene rings is 1. The number of aromatic amines is 1. The van der Waals surface area contributed by atoms with Gasteiger partial charge in [-0.3, -0.25) is 9.89 Å². The number of nitrogens with one attached hydrogen (secondary N) is 2. The molecule has 0 radical (unpaired) electrons. The molecule has 3 aromatic rings. The third-order valence-electron chi connectivity index (χ3n) is 6.54. The summed E-state index contributed by atoms with van der Waals surface area (Å²) in [5, 5.41) is 11.5. The summed E-state index contributed by atoms with van der Waals surface area (Å²) in [4.78, 5) is 27.2. The number of Topliss-reactive ketones (excluding diaryl/α,β-unsaturated/α-hetero) is 1. The fraction of sp³-hybridized carbons (Fsp3) is 0.481. The number of aryl methyl sites for hydroxylation is 1. The van der Waals surface area contributed by atoms with Gasteiger partial charge in [-0.15, -0.1) is 0 Å². The van der Waals surface area contributed by atoms with Crippen LogP contribution in [0.1, 0.15) is 48.2 Å². The van der Waals surface area contributed by atoms with E-state index in [1.54, 1.807) is 18.7 Å². The van der Waals surface area contributed by atoms with Crippen molar-refractivity contribution in [2.75, 3.05) is 45.6 Å². The first-order chi connectivity index (χ1) is 17.3. The molecule has 4 rings (SSSR count). The lowest BCUT2D eigenvalue weighted by atomic mass is 9.91. The van der Waals surface area contributed by atoms with Crippen molar-refractivity contribution in [1.82, 2.24) is 30.0 Å². The monoisotopic (exact) mass is 507 g/mol. The number of piperidine rings is 1. The summed E-state index contributed by atoms with van der Waals surface area (Å²) in [5.74, 6) is 2.13. The number of aromatic nitrogens is 4. The van der Waals surface area contributed by atoms with Crippen LogP contribution in [0, 0.1) is 13.8 Å². The van der Waals surface area contributed by atoms with Crippen LogP contribution in [-0.4, -0.2) is 76.0 Å². The van der Waals surface area contributed by atoms with Gasteiger partial charge in [0, 0.05) is 47.6 Å². The molecular formula is C27H37N7OS. The first-order valence-electron chi connectivity index (χ1n) is 12.6. The number of rotatable bonds is 10. The highest BCUT2D eigenvalue weighted by Crippen LogP contribution is 2.35. The Bertz CT molecular complexity index is 1170. The van der Waals surface area contributed by atoms with E-state index in [1.807, 2.05) is 37.3 Å². The van der Waals surface area contributed by atoms with Crippen LogP contribution in [0.3, 0.4) is 0 Å². The highest BCUT2D eigenvalue weighted by atomic mass is 32.2. The lowest BCUT2D eigenvalue weighted by Gasteiger charge is -2.33. The van der Waals surface area contributed by atoms with Crippen LogP contribution >= 0.6 is 11.8 Å². The number of nitrogens with zero attached hydrogens (tertiary/aromatic N) is 5. The highest BCUT2D eigenvalue weighted by molar-refractivity contribution is 7.99. The van der Waals surface area contributed by atoms with Crippen molar-refractivity contribution in [2.45, 2.75) is 56.0 Å². The van der Waals surface area contributed by atoms with E-state index in [-0.39, 0.29) is 5.78 Å². The number of carbonyl (C=O) groups excluding carboxylic acids is 1. The van der Waals surface area contributed by atoms with Crippen LogP contribution < -0.4 is 5.32 Å². The molecule has 36 heavy (non-hydrogen) atoms. The van der Waals surface area contributed by atoms with Gasteiger partial charge in [0.1, 0.15) is 11.6 Å². The normalized spacial score (nSPS) is 14.9. The Balaban J connectivity index is 1.56. The maximum Gasteiger partial charge on any atom is 0.194 e. The van der Waals surface area contributed by atoms with Crippen molar-refractivity contribution in [3.63, 3.8) is 0 Å². The highest BCUT2D eigenvalue weighted by Gasteiger charge is 2.25. The van der Waals surface area contributed by atoms with Crippen LogP contribution in [-0.2, 0) is 11.2 Å². The van der Waals surface area contributed by atoms with E-state index < -0.39 is 0 Å². The molecule has 192 valence electrons. The van der Waals surface area contributed by atoms with Gasteiger partial charge in [0.25, 0.3) is 0 Å². The summed E-state index contributed by atoms with van der Waals surface area (Å²) in [6.07, 6.45) is 2.65. The van der Waals surface area contributed by atoms with Crippen LogP contribution in [0.4, 0.5) is 11.6 Å². The molecule has 2 aromatic heterocycles. The predicted molar refractivity (Wildman–Crippen MR) is 145 cm³/mol. The van der Waals surface area contributed by atoms with Gasteiger partial charge in [-0.05, 0) is 90.3 Å². The zero-order valence-corrected chi connectivity index (χ0v) is 22.8. The lowest BCUT2D eigenvalue weighted by molar-refractivity contribution is -0.116. The number of likely N-dealkylation sites (N-methyl/N-ethyl adjacent to an activating group) is 1. The van der Waals surface area contributed by atoms with E-state index in [9.17, 15) is 4.79 Å². The molecule has 8 nitrogen and oxygen atoms in total. The number of hydrogen-bond acceptors (Lipinski definition) is 8. The maximum atomic E-state index is 11.4. The first kappa shape index (κ1) is 26.3. The average molecular weight is 508 g/mol. The lowest BCUT2D eigenvalue weighted by Crippen LogP contribution is -2.37. The van der Waals surface area contributed by atoms with Gasteiger partial charge in [-0.1, -0.05) is 12.1 Å². The summed E-state index contributed by atoms with van der Waals surface area (Å²) in [6.45, 7) is 10.1. The van der Waals surface area contributed by atoms with Crippen LogP contribution in [0.2, 0.25) is 0 Å². The number of ketones is 1. The van der Waals surface area contributed by atoms with Crippen LogP contribution in [0.5, 0.6) is 0 Å². The second kappa shape index (κ2) is 12.0. The summed E-state index contributed by atoms with van der Waals surface area (Å²) >= 11 is 1.55. The molecule has 0 spiro atoms. The number of likely N-dealkylation sites (tertiary alicyclic amines) is 1. The molecule has 0 saturated carbocycles. The van der Waals surface area contributed by atoms with E-state index in [0.29, 0.717) is 12.3 Å². The van der Waals surface area contributed by atoms with Gasteiger partial charge in [-0.25, -0.2) is 9.97 Å². The minimum Gasteiger partial charge on any atom is -0.323 e. The molecule has 1 saturated heterocycles. The average Bonchev–Trinajstić information content (AvgIpc) is 3.25. The van der Waals surface area contributed by atoms with Gasteiger partial charge in [0.15, 0.2) is 11.0 Å². The topological polar surface area (TPSA) is 90.0 Å². The minimum atomic E-state index is 0.166. The van der Waals surface area contributed by atoms with Crippen LogP contribution in [0.25, 0.3) is 0 Å². The molecule has 1 aliphatic rings. The van der Waals surface area contributed by atoms with Gasteiger partial charge >= 0.3 is 0 Å². The standard InChI is InChI=1S/C27H37N7OS/c1-18-16-24(32-31-18)28-26-20(3)25(22-10-12-34(13-11-22)15-14-33(4)5)29-27(30-26)36-23-8-6-21(7-9-23)17-19(2)35/h6-9,16,22H,10-15,17H2,1-5H3,(H2,28,29,30,31,32). The molecule has 0 unspecified atom stereocenters. The molecule has 0 bridgehead atoms. The molecule has 2 N–H and O–H groups in total. The van der Waals surface area contributed by atoms with Crippen molar-refractivity contribution < 1.29 is 4.79 Å². The predicted octanol–water partition coefficient (Wildman–Crippen LogP) is 4.58. The molecule has 0 aliphatic carbocycles. The third kappa shape index (κ3) is 7.15. The second-order valence-corrected chi connectivity index (χ2v) is 11.0. The van der Waals surface area contributed by atoms with Gasteiger partial charge in [0.05, 0.1) is 5.69 Å². The summed E-state index contributed by atoms with van der Waals surface area (Å²) < 4.78 is 0.